The largest absolute Gasteiger partial charge is 0.497 e. The third kappa shape index (κ3) is 3.98. The van der Waals surface area contributed by atoms with E-state index in [0.29, 0.717) is 42.0 Å². The van der Waals surface area contributed by atoms with Gasteiger partial charge < -0.3 is 19.0 Å². The van der Waals surface area contributed by atoms with Crippen molar-refractivity contribution in [3.63, 3.8) is 0 Å². The second-order valence-corrected chi connectivity index (χ2v) is 8.17. The van der Waals surface area contributed by atoms with Gasteiger partial charge in [-0.1, -0.05) is 24.3 Å². The standard InChI is InChI=1S/C25H24FN3O3/c1-31-19-9-7-16(8-10-19)12-20-14-27-24(32-20)18-5-3-11-29(15-18)25(30)22-13-17-4-2-6-21(26)23(17)28-22/h2,4,6-10,13-14,18,28H,3,5,11-12,15H2,1H3/t18-/m0/s1. The topological polar surface area (TPSA) is 71.4 Å². The molecule has 2 aromatic heterocycles. The highest BCUT2D eigenvalue weighted by molar-refractivity contribution is 5.98. The molecule has 1 aliphatic heterocycles. The number of nitrogens with zero attached hydrogens (tertiary/aromatic N) is 2. The Labute approximate surface area is 185 Å². The molecule has 1 fully saturated rings. The van der Waals surface area contributed by atoms with Crippen LogP contribution in [0.5, 0.6) is 5.75 Å². The number of benzene rings is 2. The zero-order chi connectivity index (χ0) is 22.1. The van der Waals surface area contributed by atoms with Crippen molar-refractivity contribution in [1.29, 1.82) is 0 Å². The quantitative estimate of drug-likeness (QED) is 0.485. The van der Waals surface area contributed by atoms with E-state index in [1.54, 1.807) is 36.4 Å². The van der Waals surface area contributed by atoms with E-state index in [4.69, 9.17) is 9.15 Å². The molecule has 0 bridgehead atoms. The lowest BCUT2D eigenvalue weighted by Gasteiger charge is -2.31. The number of likely N-dealkylation sites (tertiary alicyclic amines) is 1. The summed E-state index contributed by atoms with van der Waals surface area (Å²) in [5, 5.41) is 0.692. The van der Waals surface area contributed by atoms with Crippen molar-refractivity contribution in [3.8, 4) is 5.75 Å². The molecule has 1 atom stereocenters. The summed E-state index contributed by atoms with van der Waals surface area (Å²) in [7, 11) is 1.65. The molecule has 7 heteroatoms. The fourth-order valence-corrected chi connectivity index (χ4v) is 4.31. The van der Waals surface area contributed by atoms with Crippen LogP contribution in [0.2, 0.25) is 0 Å². The predicted octanol–water partition coefficient (Wildman–Crippen LogP) is 4.91. The van der Waals surface area contributed by atoms with E-state index in [9.17, 15) is 9.18 Å². The molecule has 0 spiro atoms. The number of oxazole rings is 1. The first-order valence-electron chi connectivity index (χ1n) is 10.7. The Balaban J connectivity index is 1.28. The molecule has 4 aromatic rings. The number of amides is 1. The van der Waals surface area contributed by atoms with E-state index in [1.807, 2.05) is 24.3 Å². The number of methoxy groups -OCH3 is 1. The Morgan fingerprint density at radius 3 is 2.91 bits per heavy atom. The number of halogens is 1. The van der Waals surface area contributed by atoms with E-state index in [1.165, 1.54) is 6.07 Å². The first-order chi connectivity index (χ1) is 15.6. The van der Waals surface area contributed by atoms with Gasteiger partial charge in [-0.05, 0) is 42.7 Å². The number of nitrogens with one attached hydrogen (secondary N) is 1. The number of rotatable bonds is 5. The van der Waals surface area contributed by atoms with E-state index in [2.05, 4.69) is 9.97 Å². The fraction of sp³-hybridized carbons (Fsp3) is 0.280. The molecule has 1 amide bonds. The highest BCUT2D eigenvalue weighted by Gasteiger charge is 2.29. The maximum Gasteiger partial charge on any atom is 0.270 e. The van der Waals surface area contributed by atoms with Crippen molar-refractivity contribution in [2.75, 3.05) is 20.2 Å². The highest BCUT2D eigenvalue weighted by atomic mass is 19.1. The van der Waals surface area contributed by atoms with E-state index in [0.717, 1.165) is 29.9 Å². The van der Waals surface area contributed by atoms with Gasteiger partial charge in [-0.3, -0.25) is 4.79 Å². The van der Waals surface area contributed by atoms with Crippen LogP contribution in [0.3, 0.4) is 0 Å². The molecule has 1 aliphatic rings. The second kappa shape index (κ2) is 8.49. The summed E-state index contributed by atoms with van der Waals surface area (Å²) >= 11 is 0. The van der Waals surface area contributed by atoms with Gasteiger partial charge in [0.2, 0.25) is 0 Å². The summed E-state index contributed by atoms with van der Waals surface area (Å²) in [5.74, 6) is 1.82. The Bertz CT molecular complexity index is 1250. The zero-order valence-electron chi connectivity index (χ0n) is 17.8. The molecule has 2 aromatic carbocycles. The average molecular weight is 433 g/mol. The van der Waals surface area contributed by atoms with Crippen LogP contribution in [-0.4, -0.2) is 41.0 Å². The van der Waals surface area contributed by atoms with Crippen LogP contribution in [0, 0.1) is 5.82 Å². The molecule has 5 rings (SSSR count). The molecule has 0 aliphatic carbocycles. The Hall–Kier alpha value is -3.61. The first kappa shape index (κ1) is 20.3. The number of ether oxygens (including phenoxy) is 1. The summed E-state index contributed by atoms with van der Waals surface area (Å²) in [6.07, 6.45) is 4.18. The third-order valence-electron chi connectivity index (χ3n) is 6.00. The lowest BCUT2D eigenvalue weighted by atomic mass is 9.97. The molecule has 1 saturated heterocycles. The number of hydrogen-bond acceptors (Lipinski definition) is 4. The number of para-hydroxylation sites is 1. The van der Waals surface area contributed by atoms with Crippen LogP contribution in [0.25, 0.3) is 10.9 Å². The van der Waals surface area contributed by atoms with Gasteiger partial charge >= 0.3 is 0 Å². The molecule has 6 nitrogen and oxygen atoms in total. The second-order valence-electron chi connectivity index (χ2n) is 8.17. The first-order valence-corrected chi connectivity index (χ1v) is 10.7. The Kier molecular flexibility index (Phi) is 5.39. The van der Waals surface area contributed by atoms with Gasteiger partial charge in [0.1, 0.15) is 23.0 Å². The minimum Gasteiger partial charge on any atom is -0.497 e. The van der Waals surface area contributed by atoms with Crippen LogP contribution in [-0.2, 0) is 6.42 Å². The number of aromatic nitrogens is 2. The Morgan fingerprint density at radius 1 is 1.28 bits per heavy atom. The zero-order valence-corrected chi connectivity index (χ0v) is 17.8. The summed E-state index contributed by atoms with van der Waals surface area (Å²) in [6, 6.07) is 14.4. The van der Waals surface area contributed by atoms with Gasteiger partial charge in [-0.15, -0.1) is 0 Å². The number of carbonyl (C=O) groups is 1. The van der Waals surface area contributed by atoms with Gasteiger partial charge in [0.05, 0.1) is 24.7 Å². The minimum atomic E-state index is -0.359. The predicted molar refractivity (Wildman–Crippen MR) is 118 cm³/mol. The Morgan fingerprint density at radius 2 is 2.12 bits per heavy atom. The van der Waals surface area contributed by atoms with Crippen LogP contribution in [0.1, 0.15) is 46.5 Å². The van der Waals surface area contributed by atoms with Crippen LogP contribution < -0.4 is 4.74 Å². The monoisotopic (exact) mass is 433 g/mol. The number of carbonyl (C=O) groups excluding carboxylic acids is 1. The lowest BCUT2D eigenvalue weighted by molar-refractivity contribution is 0.0693. The van der Waals surface area contributed by atoms with Crippen LogP contribution in [0.4, 0.5) is 4.39 Å². The molecule has 32 heavy (non-hydrogen) atoms. The minimum absolute atomic E-state index is 0.0402. The lowest BCUT2D eigenvalue weighted by Crippen LogP contribution is -2.39. The molecule has 3 heterocycles. The van der Waals surface area contributed by atoms with Crippen LogP contribution >= 0.6 is 0 Å². The summed E-state index contributed by atoms with van der Waals surface area (Å²) in [6.45, 7) is 1.19. The number of piperidine rings is 1. The molecule has 164 valence electrons. The third-order valence-corrected chi connectivity index (χ3v) is 6.00. The number of fused-ring (bicyclic) bond motifs is 1. The van der Waals surface area contributed by atoms with Crippen molar-refractivity contribution < 1.29 is 18.3 Å². The van der Waals surface area contributed by atoms with Crippen LogP contribution in [0.15, 0.2) is 59.1 Å². The van der Waals surface area contributed by atoms with Crippen molar-refractivity contribution in [2.24, 2.45) is 0 Å². The van der Waals surface area contributed by atoms with E-state index >= 15 is 0 Å². The molecule has 0 radical (unpaired) electrons. The average Bonchev–Trinajstić information content (AvgIpc) is 3.47. The normalized spacial score (nSPS) is 16.4. The fourth-order valence-electron chi connectivity index (χ4n) is 4.31. The summed E-state index contributed by atoms with van der Waals surface area (Å²) < 4.78 is 25.2. The summed E-state index contributed by atoms with van der Waals surface area (Å²) in [5.41, 5.74) is 1.87. The maximum atomic E-state index is 14.0. The highest BCUT2D eigenvalue weighted by Crippen LogP contribution is 2.29. The molecule has 0 saturated carbocycles. The van der Waals surface area contributed by atoms with E-state index in [-0.39, 0.29) is 17.6 Å². The smallest absolute Gasteiger partial charge is 0.270 e. The van der Waals surface area contributed by atoms with Crippen molar-refractivity contribution in [2.45, 2.75) is 25.2 Å². The number of H-pyrrole nitrogens is 1. The van der Waals surface area contributed by atoms with Gasteiger partial charge in [-0.2, -0.15) is 0 Å². The van der Waals surface area contributed by atoms with Gasteiger partial charge in [0, 0.05) is 24.9 Å². The molecule has 1 N–H and O–H groups in total. The van der Waals surface area contributed by atoms with Gasteiger partial charge in [-0.25, -0.2) is 9.37 Å². The van der Waals surface area contributed by atoms with E-state index < -0.39 is 0 Å². The number of hydrogen-bond donors (Lipinski definition) is 1. The molecule has 0 unspecified atom stereocenters. The van der Waals surface area contributed by atoms with Crippen molar-refractivity contribution >= 4 is 16.8 Å². The van der Waals surface area contributed by atoms with Gasteiger partial charge in [0.25, 0.3) is 5.91 Å². The summed E-state index contributed by atoms with van der Waals surface area (Å²) in [4.78, 5) is 22.3. The SMILES string of the molecule is COc1ccc(Cc2cnc([C@H]3CCCN(C(=O)c4cc5cccc(F)c5[nH]4)C3)o2)cc1. The number of aromatic amines is 1. The molecular weight excluding hydrogens is 409 g/mol. The maximum absolute atomic E-state index is 14.0. The molecular formula is C25H24FN3O3. The van der Waals surface area contributed by atoms with Crippen molar-refractivity contribution in [1.82, 2.24) is 14.9 Å². The van der Waals surface area contributed by atoms with Gasteiger partial charge in [0.15, 0.2) is 5.89 Å². The van der Waals surface area contributed by atoms with Crippen molar-refractivity contribution in [3.05, 3.63) is 83.5 Å².